The first-order valence-electron chi connectivity index (χ1n) is 4.02. The van der Waals surface area contributed by atoms with Crippen molar-refractivity contribution in [2.24, 2.45) is 11.3 Å². The Hall–Kier alpha value is -0.530. The van der Waals surface area contributed by atoms with Crippen LogP contribution in [0.1, 0.15) is 25.7 Å². The number of hydrogen-bond donors (Lipinski definition) is 1. The molecule has 56 valence electrons. The van der Waals surface area contributed by atoms with Crippen LogP contribution in [-0.4, -0.2) is 13.0 Å². The van der Waals surface area contributed by atoms with Crippen LogP contribution < -0.4 is 5.32 Å². The lowest BCUT2D eigenvalue weighted by Gasteiger charge is -2.10. The topological polar surface area (TPSA) is 29.1 Å². The highest BCUT2D eigenvalue weighted by molar-refractivity contribution is 5.85. The van der Waals surface area contributed by atoms with E-state index in [4.69, 9.17) is 0 Å². The van der Waals surface area contributed by atoms with Gasteiger partial charge in [0.15, 0.2) is 0 Å². The van der Waals surface area contributed by atoms with Gasteiger partial charge in [0.2, 0.25) is 5.91 Å². The van der Waals surface area contributed by atoms with Crippen LogP contribution in [0.4, 0.5) is 0 Å². The fourth-order valence-electron chi connectivity index (χ4n) is 1.84. The van der Waals surface area contributed by atoms with Gasteiger partial charge in [-0.25, -0.2) is 0 Å². The monoisotopic (exact) mass is 139 g/mol. The van der Waals surface area contributed by atoms with E-state index in [0.717, 1.165) is 18.8 Å². The zero-order valence-corrected chi connectivity index (χ0v) is 6.31. The van der Waals surface area contributed by atoms with Crippen molar-refractivity contribution in [3.63, 3.8) is 0 Å². The molecule has 0 unspecified atom stereocenters. The minimum Gasteiger partial charge on any atom is -0.359 e. The molecule has 0 aromatic heterocycles. The largest absolute Gasteiger partial charge is 0.359 e. The SMILES string of the molecule is CNC(=O)C1(C2CC2)CC1. The molecule has 2 heteroatoms. The van der Waals surface area contributed by atoms with Gasteiger partial charge in [-0.15, -0.1) is 0 Å². The summed E-state index contributed by atoms with van der Waals surface area (Å²) < 4.78 is 0. The van der Waals surface area contributed by atoms with Gasteiger partial charge in [-0.1, -0.05) is 0 Å². The van der Waals surface area contributed by atoms with E-state index >= 15 is 0 Å². The van der Waals surface area contributed by atoms with Crippen LogP contribution in [0.2, 0.25) is 0 Å². The smallest absolute Gasteiger partial charge is 0.226 e. The first-order chi connectivity index (χ1) is 4.79. The van der Waals surface area contributed by atoms with E-state index in [1.54, 1.807) is 7.05 Å². The summed E-state index contributed by atoms with van der Waals surface area (Å²) in [5, 5.41) is 2.75. The maximum absolute atomic E-state index is 11.3. The standard InChI is InChI=1S/C8H13NO/c1-9-7(10)8(4-5-8)6-2-3-6/h6H,2-5H2,1H3,(H,9,10). The number of rotatable bonds is 2. The summed E-state index contributed by atoms with van der Waals surface area (Å²) >= 11 is 0. The molecule has 2 fully saturated rings. The average Bonchev–Trinajstić information content (AvgIpc) is 2.74. The van der Waals surface area contributed by atoms with E-state index in [2.05, 4.69) is 5.32 Å². The van der Waals surface area contributed by atoms with E-state index < -0.39 is 0 Å². The summed E-state index contributed by atoms with van der Waals surface area (Å²) in [7, 11) is 1.74. The van der Waals surface area contributed by atoms with Gasteiger partial charge >= 0.3 is 0 Å². The van der Waals surface area contributed by atoms with Gasteiger partial charge in [-0.3, -0.25) is 4.79 Å². The van der Waals surface area contributed by atoms with E-state index in [0.29, 0.717) is 0 Å². The minimum atomic E-state index is 0.120. The molecule has 1 amide bonds. The predicted molar refractivity (Wildman–Crippen MR) is 38.5 cm³/mol. The Labute approximate surface area is 61.0 Å². The Kier molecular flexibility index (Phi) is 1.08. The molecule has 2 aliphatic carbocycles. The molecule has 0 bridgehead atoms. The molecular formula is C8H13NO. The second-order valence-electron chi connectivity index (χ2n) is 3.51. The van der Waals surface area contributed by atoms with Gasteiger partial charge in [0.1, 0.15) is 0 Å². The summed E-state index contributed by atoms with van der Waals surface area (Å²) in [6.07, 6.45) is 4.84. The summed E-state index contributed by atoms with van der Waals surface area (Å²) in [5.41, 5.74) is 0.120. The Morgan fingerprint density at radius 3 is 2.40 bits per heavy atom. The molecule has 0 atom stereocenters. The van der Waals surface area contributed by atoms with Crippen molar-refractivity contribution in [3.8, 4) is 0 Å². The lowest BCUT2D eigenvalue weighted by atomic mass is 10.00. The summed E-state index contributed by atoms with van der Waals surface area (Å²) in [6, 6.07) is 0. The van der Waals surface area contributed by atoms with Crippen LogP contribution in [0, 0.1) is 11.3 Å². The van der Waals surface area contributed by atoms with Crippen LogP contribution in [-0.2, 0) is 4.79 Å². The molecule has 0 saturated heterocycles. The molecular weight excluding hydrogens is 126 g/mol. The lowest BCUT2D eigenvalue weighted by molar-refractivity contribution is -0.126. The Bertz CT molecular complexity index is 168. The Balaban J connectivity index is 2.06. The maximum atomic E-state index is 11.3. The predicted octanol–water partition coefficient (Wildman–Crippen LogP) is 0.923. The highest BCUT2D eigenvalue weighted by Crippen LogP contribution is 2.61. The second-order valence-corrected chi connectivity index (χ2v) is 3.51. The fourth-order valence-corrected chi connectivity index (χ4v) is 1.84. The normalized spacial score (nSPS) is 27.7. The molecule has 2 rings (SSSR count). The Morgan fingerprint density at radius 2 is 2.10 bits per heavy atom. The van der Waals surface area contributed by atoms with Crippen molar-refractivity contribution < 1.29 is 4.79 Å². The van der Waals surface area contributed by atoms with Gasteiger partial charge in [-0.05, 0) is 31.6 Å². The van der Waals surface area contributed by atoms with Gasteiger partial charge in [-0.2, -0.15) is 0 Å². The number of nitrogens with one attached hydrogen (secondary N) is 1. The zero-order valence-electron chi connectivity index (χ0n) is 6.31. The first kappa shape index (κ1) is 6.20. The molecule has 2 nitrogen and oxygen atoms in total. The molecule has 0 aromatic carbocycles. The van der Waals surface area contributed by atoms with Crippen LogP contribution in [0.25, 0.3) is 0 Å². The molecule has 0 aliphatic heterocycles. The quantitative estimate of drug-likeness (QED) is 0.605. The highest BCUT2D eigenvalue weighted by atomic mass is 16.2. The molecule has 2 aliphatic rings. The third-order valence-corrected chi connectivity index (χ3v) is 2.83. The van der Waals surface area contributed by atoms with E-state index in [9.17, 15) is 4.79 Å². The van der Waals surface area contributed by atoms with Crippen LogP contribution in [0.5, 0.6) is 0 Å². The number of carbonyl (C=O) groups is 1. The van der Waals surface area contributed by atoms with Crippen LogP contribution in [0.15, 0.2) is 0 Å². The van der Waals surface area contributed by atoms with Gasteiger partial charge in [0, 0.05) is 7.05 Å². The molecule has 2 saturated carbocycles. The van der Waals surface area contributed by atoms with Crippen molar-refractivity contribution in [1.29, 1.82) is 0 Å². The lowest BCUT2D eigenvalue weighted by Crippen LogP contribution is -2.30. The van der Waals surface area contributed by atoms with E-state index in [1.165, 1.54) is 12.8 Å². The zero-order chi connectivity index (χ0) is 7.19. The van der Waals surface area contributed by atoms with Crippen LogP contribution >= 0.6 is 0 Å². The van der Waals surface area contributed by atoms with Crippen molar-refractivity contribution in [1.82, 2.24) is 5.32 Å². The van der Waals surface area contributed by atoms with Gasteiger partial charge in [0.25, 0.3) is 0 Å². The number of hydrogen-bond acceptors (Lipinski definition) is 1. The minimum absolute atomic E-state index is 0.120. The highest BCUT2D eigenvalue weighted by Gasteiger charge is 2.58. The molecule has 0 aromatic rings. The van der Waals surface area contributed by atoms with Crippen molar-refractivity contribution in [2.45, 2.75) is 25.7 Å². The number of carbonyl (C=O) groups excluding carboxylic acids is 1. The fraction of sp³-hybridized carbons (Fsp3) is 0.875. The van der Waals surface area contributed by atoms with Gasteiger partial charge in [0.05, 0.1) is 5.41 Å². The molecule has 0 spiro atoms. The van der Waals surface area contributed by atoms with Crippen molar-refractivity contribution in [2.75, 3.05) is 7.05 Å². The molecule has 0 heterocycles. The summed E-state index contributed by atoms with van der Waals surface area (Å²) in [6.45, 7) is 0. The summed E-state index contributed by atoms with van der Waals surface area (Å²) in [5.74, 6) is 1.03. The first-order valence-corrected chi connectivity index (χ1v) is 4.02. The number of amides is 1. The third-order valence-electron chi connectivity index (χ3n) is 2.83. The molecule has 10 heavy (non-hydrogen) atoms. The molecule has 1 N–H and O–H groups in total. The average molecular weight is 139 g/mol. The van der Waals surface area contributed by atoms with Crippen LogP contribution in [0.3, 0.4) is 0 Å². The molecule has 0 radical (unpaired) electrons. The van der Waals surface area contributed by atoms with E-state index in [1.807, 2.05) is 0 Å². The second kappa shape index (κ2) is 1.74. The third kappa shape index (κ3) is 0.678. The van der Waals surface area contributed by atoms with Crippen molar-refractivity contribution >= 4 is 5.91 Å². The van der Waals surface area contributed by atoms with Gasteiger partial charge < -0.3 is 5.32 Å². The summed E-state index contributed by atoms with van der Waals surface area (Å²) in [4.78, 5) is 11.3. The van der Waals surface area contributed by atoms with Crippen molar-refractivity contribution in [3.05, 3.63) is 0 Å². The van der Waals surface area contributed by atoms with E-state index in [-0.39, 0.29) is 11.3 Å². The Morgan fingerprint density at radius 1 is 1.50 bits per heavy atom. The maximum Gasteiger partial charge on any atom is 0.226 e.